The van der Waals surface area contributed by atoms with Crippen LogP contribution in [0, 0.1) is 44.8 Å². The summed E-state index contributed by atoms with van der Waals surface area (Å²) in [6, 6.07) is 3.73. The molecule has 1 heterocycles. The van der Waals surface area contributed by atoms with E-state index < -0.39 is 0 Å². The van der Waals surface area contributed by atoms with Crippen LogP contribution < -0.4 is 5.32 Å². The Labute approximate surface area is 242 Å². The number of aliphatic hydroxyl groups excluding tert-OH is 1. The summed E-state index contributed by atoms with van der Waals surface area (Å²) in [5, 5.41) is 14.6. The molecule has 0 saturated heterocycles. The van der Waals surface area contributed by atoms with Gasteiger partial charge in [0.25, 0.3) is 0 Å². The van der Waals surface area contributed by atoms with Crippen molar-refractivity contribution >= 4 is 12.0 Å². The van der Waals surface area contributed by atoms with Crippen LogP contribution in [-0.2, 0) is 4.79 Å². The number of allylic oxidation sites excluding steroid dienone is 1. The van der Waals surface area contributed by atoms with Gasteiger partial charge in [-0.2, -0.15) is 0 Å². The molecule has 0 bridgehead atoms. The van der Waals surface area contributed by atoms with E-state index in [0.717, 1.165) is 51.4 Å². The molecule has 1 amide bonds. The first kappa shape index (κ1) is 28.3. The van der Waals surface area contributed by atoms with Gasteiger partial charge in [-0.15, -0.1) is 0 Å². The van der Waals surface area contributed by atoms with E-state index in [9.17, 15) is 9.90 Å². The molecule has 220 valence electrons. The molecular weight excluding hydrogens is 494 g/mol. The molecule has 0 aromatic carbocycles. The third-order valence-corrected chi connectivity index (χ3v) is 13.9. The number of rotatable bonds is 3. The Bertz CT molecular complexity index is 1210. The minimum absolute atomic E-state index is 0.00113. The molecule has 8 unspecified atom stereocenters. The first-order valence-corrected chi connectivity index (χ1v) is 16.1. The Morgan fingerprint density at radius 2 is 1.73 bits per heavy atom. The van der Waals surface area contributed by atoms with Crippen molar-refractivity contribution in [2.45, 2.75) is 124 Å². The maximum absolute atomic E-state index is 13.4. The van der Waals surface area contributed by atoms with E-state index in [1.165, 1.54) is 12.8 Å². The average Bonchev–Trinajstić information content (AvgIpc) is 3.40. The van der Waals surface area contributed by atoms with Gasteiger partial charge in [-0.05, 0) is 121 Å². The summed E-state index contributed by atoms with van der Waals surface area (Å²) < 4.78 is 5.43. The number of hydrogen-bond donors (Lipinski definition) is 2. The van der Waals surface area contributed by atoms with Gasteiger partial charge in [0.2, 0.25) is 5.91 Å². The molecule has 4 fully saturated rings. The second-order valence-electron chi connectivity index (χ2n) is 16.6. The summed E-state index contributed by atoms with van der Waals surface area (Å²) in [7, 11) is 0. The fourth-order valence-corrected chi connectivity index (χ4v) is 11.3. The van der Waals surface area contributed by atoms with E-state index in [1.54, 1.807) is 24.0 Å². The van der Waals surface area contributed by atoms with E-state index in [2.05, 4.69) is 59.9 Å². The average molecular weight is 548 g/mol. The van der Waals surface area contributed by atoms with Crippen LogP contribution in [0.5, 0.6) is 0 Å². The van der Waals surface area contributed by atoms with Gasteiger partial charge >= 0.3 is 0 Å². The van der Waals surface area contributed by atoms with Gasteiger partial charge in [-0.3, -0.25) is 4.79 Å². The molecule has 1 aromatic rings. The zero-order chi connectivity index (χ0) is 28.8. The Morgan fingerprint density at radius 1 is 0.975 bits per heavy atom. The van der Waals surface area contributed by atoms with Crippen molar-refractivity contribution in [2.24, 2.45) is 44.8 Å². The van der Waals surface area contributed by atoms with E-state index >= 15 is 0 Å². The molecule has 40 heavy (non-hydrogen) atoms. The Hall–Kier alpha value is -1.81. The molecule has 4 nitrogen and oxygen atoms in total. The Kier molecular flexibility index (Phi) is 6.44. The highest BCUT2D eigenvalue weighted by Crippen LogP contribution is 2.74. The number of hydrogen-bond acceptors (Lipinski definition) is 3. The van der Waals surface area contributed by atoms with Gasteiger partial charge in [-0.1, -0.05) is 60.1 Å². The fraction of sp³-hybridized carbons (Fsp3) is 0.750. The number of furan rings is 1. The summed E-state index contributed by atoms with van der Waals surface area (Å²) in [6.45, 7) is 17.3. The van der Waals surface area contributed by atoms with Gasteiger partial charge in [0.05, 0.1) is 12.4 Å². The van der Waals surface area contributed by atoms with Crippen LogP contribution in [0.3, 0.4) is 0 Å². The number of carbonyl (C=O) groups excluding carboxylic acids is 1. The summed E-state index contributed by atoms with van der Waals surface area (Å²) in [6.07, 6.45) is 18.7. The molecular formula is C36H53NO3. The normalized spacial score (nSPS) is 45.5. The lowest BCUT2D eigenvalue weighted by atomic mass is 9.34. The quantitative estimate of drug-likeness (QED) is 0.295. The largest absolute Gasteiger partial charge is 0.465 e. The Balaban J connectivity index is 1.35. The van der Waals surface area contributed by atoms with Crippen LogP contribution in [-0.4, -0.2) is 22.7 Å². The molecule has 0 radical (unpaired) electrons. The van der Waals surface area contributed by atoms with Gasteiger partial charge in [0.1, 0.15) is 5.76 Å². The molecule has 2 N–H and O–H groups in total. The second-order valence-corrected chi connectivity index (χ2v) is 16.6. The highest BCUT2D eigenvalue weighted by atomic mass is 16.3. The van der Waals surface area contributed by atoms with Crippen molar-refractivity contribution in [3.63, 3.8) is 0 Å². The van der Waals surface area contributed by atoms with Crippen molar-refractivity contribution in [3.05, 3.63) is 41.9 Å². The van der Waals surface area contributed by atoms with E-state index in [-0.39, 0.29) is 44.6 Å². The van der Waals surface area contributed by atoms with Crippen LogP contribution in [0.1, 0.15) is 118 Å². The molecule has 8 atom stereocenters. The third kappa shape index (κ3) is 3.97. The smallest absolute Gasteiger partial charge is 0.244 e. The molecule has 4 saturated carbocycles. The molecule has 5 aliphatic carbocycles. The molecule has 1 aromatic heterocycles. The maximum atomic E-state index is 13.4. The summed E-state index contributed by atoms with van der Waals surface area (Å²) >= 11 is 0. The molecule has 5 aliphatic rings. The topological polar surface area (TPSA) is 62.5 Å². The monoisotopic (exact) mass is 547 g/mol. The van der Waals surface area contributed by atoms with E-state index in [1.807, 2.05) is 12.1 Å². The zero-order valence-corrected chi connectivity index (χ0v) is 26.1. The lowest BCUT2D eigenvalue weighted by Gasteiger charge is -2.71. The predicted molar refractivity (Wildman–Crippen MR) is 161 cm³/mol. The summed E-state index contributed by atoms with van der Waals surface area (Å²) in [4.78, 5) is 13.4. The highest BCUT2D eigenvalue weighted by Gasteiger charge is 2.68. The van der Waals surface area contributed by atoms with Crippen molar-refractivity contribution in [1.29, 1.82) is 0 Å². The fourth-order valence-electron chi connectivity index (χ4n) is 11.3. The van der Waals surface area contributed by atoms with Crippen LogP contribution in [0.2, 0.25) is 0 Å². The van der Waals surface area contributed by atoms with Gasteiger partial charge < -0.3 is 14.8 Å². The van der Waals surface area contributed by atoms with Crippen LogP contribution in [0.25, 0.3) is 6.08 Å². The minimum atomic E-state index is -0.189. The number of carbonyl (C=O) groups is 1. The number of amides is 1. The van der Waals surface area contributed by atoms with Crippen molar-refractivity contribution in [1.82, 2.24) is 5.32 Å². The number of nitrogens with one attached hydrogen (secondary N) is 1. The number of fused-ring (bicyclic) bond motifs is 7. The van der Waals surface area contributed by atoms with Crippen LogP contribution >= 0.6 is 0 Å². The van der Waals surface area contributed by atoms with Crippen molar-refractivity contribution in [3.8, 4) is 0 Å². The molecule has 0 spiro atoms. The van der Waals surface area contributed by atoms with Crippen LogP contribution in [0.15, 0.2) is 40.5 Å². The Morgan fingerprint density at radius 3 is 2.45 bits per heavy atom. The molecule has 0 aliphatic heterocycles. The van der Waals surface area contributed by atoms with Crippen LogP contribution in [0.4, 0.5) is 0 Å². The number of aliphatic hydroxyl groups is 1. The van der Waals surface area contributed by atoms with Gasteiger partial charge in [0, 0.05) is 17.5 Å². The van der Waals surface area contributed by atoms with E-state index in [4.69, 9.17) is 4.42 Å². The van der Waals surface area contributed by atoms with Gasteiger partial charge in [0.15, 0.2) is 0 Å². The molecule has 6 rings (SSSR count). The molecule has 4 heteroatoms. The second kappa shape index (κ2) is 9.09. The maximum Gasteiger partial charge on any atom is 0.244 e. The van der Waals surface area contributed by atoms with Crippen molar-refractivity contribution in [2.75, 3.05) is 0 Å². The third-order valence-electron chi connectivity index (χ3n) is 13.9. The van der Waals surface area contributed by atoms with Crippen molar-refractivity contribution < 1.29 is 14.3 Å². The summed E-state index contributed by atoms with van der Waals surface area (Å²) in [5.41, 5.74) is 2.35. The minimum Gasteiger partial charge on any atom is -0.465 e. The standard InChI is InChI=1S/C36H53NO3/c1-31(2)18-20-36(37-30(39)13-10-24-9-8-22-40-24)21-19-34(6)25(26(36)23-31)11-12-28-33(5)16-15-29(38)32(3,4)27(33)14-17-35(28,34)7/h8-11,13,22,26-29,38H,12,14-21,23H2,1-7H3,(H,37,39). The first-order chi connectivity index (χ1) is 18.7. The first-order valence-electron chi connectivity index (χ1n) is 16.1. The predicted octanol–water partition coefficient (Wildman–Crippen LogP) is 8.32. The highest BCUT2D eigenvalue weighted by molar-refractivity contribution is 5.92. The lowest BCUT2D eigenvalue weighted by molar-refractivity contribution is -0.201. The van der Waals surface area contributed by atoms with E-state index in [0.29, 0.717) is 23.5 Å². The lowest BCUT2D eigenvalue weighted by Crippen LogP contribution is -2.67. The summed E-state index contributed by atoms with van der Waals surface area (Å²) in [5.74, 6) is 2.29. The van der Waals surface area contributed by atoms with Gasteiger partial charge in [-0.25, -0.2) is 0 Å². The zero-order valence-electron chi connectivity index (χ0n) is 26.1. The SMILES string of the molecule is CC1(C)CCC2(NC(=O)C=Cc3ccco3)CCC3(C)C(=CCC4C5(C)CCC(O)C(C)(C)C5CCC43C)C2C1.